The van der Waals surface area contributed by atoms with E-state index in [1.807, 2.05) is 12.3 Å². The number of likely N-dealkylation sites (tertiary alicyclic amines) is 1. The van der Waals surface area contributed by atoms with Crippen LogP contribution in [0.5, 0.6) is 0 Å². The van der Waals surface area contributed by atoms with Crippen LogP contribution in [0.1, 0.15) is 32.3 Å². The summed E-state index contributed by atoms with van der Waals surface area (Å²) in [5.41, 5.74) is 2.35. The van der Waals surface area contributed by atoms with Crippen molar-refractivity contribution in [2.75, 3.05) is 32.8 Å². The van der Waals surface area contributed by atoms with E-state index in [1.165, 1.54) is 10.9 Å². The molecule has 1 aromatic carbocycles. The Balaban J connectivity index is 1.62. The molecule has 140 valence electrons. The lowest BCUT2D eigenvalue weighted by atomic mass is 10.1. The maximum Gasteiger partial charge on any atom is 0.193 e. The van der Waals surface area contributed by atoms with Crippen molar-refractivity contribution in [3.63, 3.8) is 0 Å². The second-order valence-electron chi connectivity index (χ2n) is 6.62. The first-order chi connectivity index (χ1) is 12.8. The largest absolute Gasteiger partial charge is 0.378 e. The summed E-state index contributed by atoms with van der Waals surface area (Å²) in [6.45, 7) is 8.66. The van der Waals surface area contributed by atoms with E-state index in [2.05, 4.69) is 53.3 Å². The zero-order chi connectivity index (χ0) is 18.2. The number of piperidine rings is 1. The van der Waals surface area contributed by atoms with Crippen molar-refractivity contribution in [1.29, 1.82) is 0 Å². The van der Waals surface area contributed by atoms with Gasteiger partial charge in [0.15, 0.2) is 5.96 Å². The number of para-hydroxylation sites is 1. The molecule has 0 radical (unpaired) electrons. The first kappa shape index (κ1) is 18.6. The van der Waals surface area contributed by atoms with E-state index in [4.69, 9.17) is 9.73 Å². The van der Waals surface area contributed by atoms with Gasteiger partial charge in [0.05, 0.1) is 11.6 Å². The number of nitrogens with zero attached hydrogens (tertiary/aromatic N) is 3. The lowest BCUT2D eigenvalue weighted by Crippen LogP contribution is -2.47. The molecule has 5 heteroatoms. The third-order valence-corrected chi connectivity index (χ3v) is 4.84. The molecule has 0 atom stereocenters. The molecule has 0 saturated carbocycles. The summed E-state index contributed by atoms with van der Waals surface area (Å²) in [6.07, 6.45) is 5.32. The summed E-state index contributed by atoms with van der Waals surface area (Å²) < 4.78 is 5.76. The van der Waals surface area contributed by atoms with E-state index in [0.29, 0.717) is 6.10 Å². The SMILES string of the molecule is CCNC(=NCCc1cccc2cccnc12)N1CCC(OCC)CC1. The molecule has 5 nitrogen and oxygen atoms in total. The molecule has 0 unspecified atom stereocenters. The number of rotatable bonds is 6. The standard InChI is InChI=1S/C21H30N4O/c1-3-22-21(25-15-11-19(12-16-25)26-4-2)24-14-10-18-8-5-7-17-9-6-13-23-20(17)18/h5-9,13,19H,3-4,10-12,14-16H2,1-2H3,(H,22,24). The average molecular weight is 354 g/mol. The quantitative estimate of drug-likeness (QED) is 0.639. The van der Waals surface area contributed by atoms with Gasteiger partial charge in [0, 0.05) is 44.4 Å². The first-order valence-corrected chi connectivity index (χ1v) is 9.79. The Morgan fingerprint density at radius 1 is 1.23 bits per heavy atom. The maximum atomic E-state index is 5.76. The normalized spacial score (nSPS) is 16.2. The Bertz CT molecular complexity index is 718. The van der Waals surface area contributed by atoms with Crippen molar-refractivity contribution in [2.45, 2.75) is 39.2 Å². The van der Waals surface area contributed by atoms with Gasteiger partial charge in [-0.3, -0.25) is 9.98 Å². The average Bonchev–Trinajstić information content (AvgIpc) is 2.68. The smallest absolute Gasteiger partial charge is 0.193 e. The van der Waals surface area contributed by atoms with Crippen molar-refractivity contribution in [2.24, 2.45) is 4.99 Å². The number of benzene rings is 1. The van der Waals surface area contributed by atoms with Gasteiger partial charge in [-0.1, -0.05) is 24.3 Å². The van der Waals surface area contributed by atoms with Gasteiger partial charge in [0.25, 0.3) is 0 Å². The fourth-order valence-corrected chi connectivity index (χ4v) is 3.55. The third-order valence-electron chi connectivity index (χ3n) is 4.84. The summed E-state index contributed by atoms with van der Waals surface area (Å²) >= 11 is 0. The van der Waals surface area contributed by atoms with Gasteiger partial charge < -0.3 is 15.0 Å². The zero-order valence-corrected chi connectivity index (χ0v) is 15.9. The van der Waals surface area contributed by atoms with Gasteiger partial charge in [0.1, 0.15) is 0 Å². The van der Waals surface area contributed by atoms with E-state index in [0.717, 1.165) is 63.5 Å². The zero-order valence-electron chi connectivity index (χ0n) is 15.9. The molecule has 1 N–H and O–H groups in total. The highest BCUT2D eigenvalue weighted by atomic mass is 16.5. The molecule has 0 bridgehead atoms. The summed E-state index contributed by atoms with van der Waals surface area (Å²) in [5, 5.41) is 4.64. The van der Waals surface area contributed by atoms with Crippen LogP contribution in [0, 0.1) is 0 Å². The van der Waals surface area contributed by atoms with Crippen LogP contribution < -0.4 is 5.32 Å². The second kappa shape index (κ2) is 9.53. The van der Waals surface area contributed by atoms with E-state index in [1.54, 1.807) is 0 Å². The molecular formula is C21H30N4O. The third kappa shape index (κ3) is 4.73. The van der Waals surface area contributed by atoms with Crippen LogP contribution in [0.2, 0.25) is 0 Å². The first-order valence-electron chi connectivity index (χ1n) is 9.79. The lowest BCUT2D eigenvalue weighted by Gasteiger charge is -2.34. The molecule has 2 aromatic rings. The van der Waals surface area contributed by atoms with Gasteiger partial charge in [-0.2, -0.15) is 0 Å². The number of pyridine rings is 1. The van der Waals surface area contributed by atoms with E-state index in [9.17, 15) is 0 Å². The van der Waals surface area contributed by atoms with Crippen LogP contribution in [-0.2, 0) is 11.2 Å². The van der Waals surface area contributed by atoms with E-state index in [-0.39, 0.29) is 0 Å². The van der Waals surface area contributed by atoms with Crippen molar-refractivity contribution < 1.29 is 4.74 Å². The van der Waals surface area contributed by atoms with E-state index < -0.39 is 0 Å². The Morgan fingerprint density at radius 2 is 2.04 bits per heavy atom. The maximum absolute atomic E-state index is 5.76. The fraction of sp³-hybridized carbons (Fsp3) is 0.524. The summed E-state index contributed by atoms with van der Waals surface area (Å²) in [4.78, 5) is 11.8. The molecule has 1 fully saturated rings. The summed E-state index contributed by atoms with van der Waals surface area (Å²) in [7, 11) is 0. The number of hydrogen-bond donors (Lipinski definition) is 1. The molecule has 0 amide bonds. The molecule has 3 rings (SSSR count). The van der Waals surface area contributed by atoms with Crippen molar-refractivity contribution in [3.05, 3.63) is 42.1 Å². The van der Waals surface area contributed by atoms with Crippen molar-refractivity contribution in [1.82, 2.24) is 15.2 Å². The number of nitrogens with one attached hydrogen (secondary N) is 1. The number of guanidine groups is 1. The molecule has 1 aromatic heterocycles. The monoisotopic (exact) mass is 354 g/mol. The van der Waals surface area contributed by atoms with Gasteiger partial charge in [0.2, 0.25) is 0 Å². The molecule has 0 aliphatic carbocycles. The minimum atomic E-state index is 0.404. The fourth-order valence-electron chi connectivity index (χ4n) is 3.55. The Hall–Kier alpha value is -2.14. The Kier molecular flexibility index (Phi) is 6.83. The number of aromatic nitrogens is 1. The summed E-state index contributed by atoms with van der Waals surface area (Å²) in [6, 6.07) is 10.5. The molecule has 26 heavy (non-hydrogen) atoms. The Morgan fingerprint density at radius 3 is 2.81 bits per heavy atom. The number of fused-ring (bicyclic) bond motifs is 1. The van der Waals surface area contributed by atoms with Gasteiger partial charge in [-0.25, -0.2) is 0 Å². The van der Waals surface area contributed by atoms with Crippen molar-refractivity contribution in [3.8, 4) is 0 Å². The number of hydrogen-bond acceptors (Lipinski definition) is 3. The molecule has 2 heterocycles. The van der Waals surface area contributed by atoms with Gasteiger partial charge in [-0.05, 0) is 44.7 Å². The van der Waals surface area contributed by atoms with Crippen LogP contribution >= 0.6 is 0 Å². The lowest BCUT2D eigenvalue weighted by molar-refractivity contribution is 0.0264. The number of ether oxygens (including phenoxy) is 1. The second-order valence-corrected chi connectivity index (χ2v) is 6.62. The minimum Gasteiger partial charge on any atom is -0.378 e. The minimum absolute atomic E-state index is 0.404. The predicted molar refractivity (Wildman–Crippen MR) is 108 cm³/mol. The number of aliphatic imine (C=N–C) groups is 1. The predicted octanol–water partition coefficient (Wildman–Crippen LogP) is 3.24. The highest BCUT2D eigenvalue weighted by molar-refractivity contribution is 5.82. The highest BCUT2D eigenvalue weighted by Gasteiger charge is 2.21. The van der Waals surface area contributed by atoms with E-state index >= 15 is 0 Å². The molecule has 1 aliphatic heterocycles. The van der Waals surface area contributed by atoms with Crippen LogP contribution in [0.4, 0.5) is 0 Å². The van der Waals surface area contributed by atoms with Crippen molar-refractivity contribution >= 4 is 16.9 Å². The van der Waals surface area contributed by atoms with Crippen LogP contribution in [0.3, 0.4) is 0 Å². The molecule has 1 saturated heterocycles. The summed E-state index contributed by atoms with van der Waals surface area (Å²) in [5.74, 6) is 1.02. The topological polar surface area (TPSA) is 49.8 Å². The van der Waals surface area contributed by atoms with Crippen LogP contribution in [0.25, 0.3) is 10.9 Å². The van der Waals surface area contributed by atoms with Crippen LogP contribution in [0.15, 0.2) is 41.5 Å². The molecule has 0 spiro atoms. The molecular weight excluding hydrogens is 324 g/mol. The van der Waals surface area contributed by atoms with Gasteiger partial charge in [-0.15, -0.1) is 0 Å². The Labute approximate surface area is 156 Å². The van der Waals surface area contributed by atoms with Crippen LogP contribution in [-0.4, -0.2) is 54.7 Å². The van der Waals surface area contributed by atoms with Gasteiger partial charge >= 0.3 is 0 Å². The highest BCUT2D eigenvalue weighted by Crippen LogP contribution is 2.17. The molecule has 1 aliphatic rings.